The van der Waals surface area contributed by atoms with Gasteiger partial charge in [0.1, 0.15) is 5.41 Å². The summed E-state index contributed by atoms with van der Waals surface area (Å²) < 4.78 is 0. The van der Waals surface area contributed by atoms with Crippen molar-refractivity contribution in [1.82, 2.24) is 15.1 Å². The van der Waals surface area contributed by atoms with Crippen LogP contribution in [0.5, 0.6) is 0 Å². The summed E-state index contributed by atoms with van der Waals surface area (Å²) in [4.78, 5) is 39.7. The Balaban J connectivity index is 1.94. The number of hydrogen-bond donors (Lipinski definition) is 1. The Morgan fingerprint density at radius 1 is 1.10 bits per heavy atom. The molecule has 1 unspecified atom stereocenters. The van der Waals surface area contributed by atoms with Crippen molar-refractivity contribution in [3.63, 3.8) is 0 Å². The molecule has 21 heavy (non-hydrogen) atoms. The van der Waals surface area contributed by atoms with Gasteiger partial charge in [-0.1, -0.05) is 6.92 Å². The van der Waals surface area contributed by atoms with Gasteiger partial charge in [-0.15, -0.1) is 0 Å². The lowest BCUT2D eigenvalue weighted by atomic mass is 10.0. The van der Waals surface area contributed by atoms with E-state index < -0.39 is 5.41 Å². The van der Waals surface area contributed by atoms with Crippen LogP contribution in [0.15, 0.2) is 0 Å². The Morgan fingerprint density at radius 2 is 1.62 bits per heavy atom. The van der Waals surface area contributed by atoms with Crippen LogP contribution in [0.1, 0.15) is 40.0 Å². The minimum Gasteiger partial charge on any atom is -0.353 e. The topological polar surface area (TPSA) is 69.7 Å². The molecule has 6 heteroatoms. The average Bonchev–Trinajstić information content (AvgIpc) is 3.28. The third kappa shape index (κ3) is 3.19. The van der Waals surface area contributed by atoms with Gasteiger partial charge in [0.15, 0.2) is 0 Å². The Morgan fingerprint density at radius 3 is 2.05 bits per heavy atom. The maximum Gasteiger partial charge on any atom is 0.238 e. The van der Waals surface area contributed by atoms with Gasteiger partial charge < -0.3 is 15.1 Å². The molecular formula is C15H25N3O3. The van der Waals surface area contributed by atoms with E-state index in [4.69, 9.17) is 0 Å². The van der Waals surface area contributed by atoms with Gasteiger partial charge in [0.05, 0.1) is 0 Å². The van der Waals surface area contributed by atoms with Gasteiger partial charge in [0.2, 0.25) is 17.7 Å². The van der Waals surface area contributed by atoms with Crippen molar-refractivity contribution in [1.29, 1.82) is 0 Å². The highest BCUT2D eigenvalue weighted by Gasteiger charge is 2.58. The summed E-state index contributed by atoms with van der Waals surface area (Å²) in [6, 6.07) is 0.0948. The van der Waals surface area contributed by atoms with Gasteiger partial charge in [0.25, 0.3) is 0 Å². The van der Waals surface area contributed by atoms with Crippen LogP contribution in [0.25, 0.3) is 0 Å². The zero-order valence-electron chi connectivity index (χ0n) is 13.1. The number of piperazine rings is 1. The number of carbonyl (C=O) groups is 3. The lowest BCUT2D eigenvalue weighted by molar-refractivity contribution is -0.147. The van der Waals surface area contributed by atoms with Crippen LogP contribution in [0, 0.1) is 5.41 Å². The predicted molar refractivity (Wildman–Crippen MR) is 78.4 cm³/mol. The summed E-state index contributed by atoms with van der Waals surface area (Å²) >= 11 is 0. The molecule has 0 radical (unpaired) electrons. The van der Waals surface area contributed by atoms with E-state index in [0.717, 1.165) is 6.42 Å². The monoisotopic (exact) mass is 295 g/mol. The smallest absolute Gasteiger partial charge is 0.238 e. The molecule has 1 saturated carbocycles. The van der Waals surface area contributed by atoms with Crippen molar-refractivity contribution in [3.05, 3.63) is 0 Å². The highest BCUT2D eigenvalue weighted by molar-refractivity contribution is 6.08. The zero-order chi connectivity index (χ0) is 15.6. The van der Waals surface area contributed by atoms with E-state index in [0.29, 0.717) is 39.0 Å². The number of hydrogen-bond acceptors (Lipinski definition) is 3. The molecule has 1 atom stereocenters. The minimum absolute atomic E-state index is 0.0396. The number of rotatable bonds is 4. The van der Waals surface area contributed by atoms with Crippen molar-refractivity contribution in [2.24, 2.45) is 5.41 Å². The van der Waals surface area contributed by atoms with Crippen molar-refractivity contribution in [2.75, 3.05) is 26.2 Å². The Bertz CT molecular complexity index is 437. The van der Waals surface area contributed by atoms with Gasteiger partial charge in [-0.3, -0.25) is 14.4 Å². The molecule has 6 nitrogen and oxygen atoms in total. The number of amides is 3. The van der Waals surface area contributed by atoms with Crippen molar-refractivity contribution >= 4 is 17.7 Å². The van der Waals surface area contributed by atoms with Crippen LogP contribution in [-0.2, 0) is 14.4 Å². The highest BCUT2D eigenvalue weighted by atomic mass is 16.2. The van der Waals surface area contributed by atoms with E-state index in [1.165, 1.54) is 0 Å². The van der Waals surface area contributed by atoms with Crippen molar-refractivity contribution < 1.29 is 14.4 Å². The lowest BCUT2D eigenvalue weighted by Gasteiger charge is -2.36. The molecule has 0 spiro atoms. The molecule has 0 aromatic rings. The van der Waals surface area contributed by atoms with Gasteiger partial charge in [-0.05, 0) is 26.2 Å². The van der Waals surface area contributed by atoms with E-state index in [9.17, 15) is 14.4 Å². The maximum absolute atomic E-state index is 12.6. The largest absolute Gasteiger partial charge is 0.353 e. The first kappa shape index (κ1) is 15.8. The standard InChI is InChI=1S/C15H25N3O3/c1-4-11(2)16-13(20)15(5-6-15)14(21)18-9-7-17(8-10-18)12(3)19/h11H,4-10H2,1-3H3,(H,16,20). The highest BCUT2D eigenvalue weighted by Crippen LogP contribution is 2.47. The second-order valence-corrected chi connectivity index (χ2v) is 6.16. The molecule has 2 fully saturated rings. The normalized spacial score (nSPS) is 21.7. The summed E-state index contributed by atoms with van der Waals surface area (Å²) in [6.07, 6.45) is 2.13. The van der Waals surface area contributed by atoms with Crippen molar-refractivity contribution in [3.8, 4) is 0 Å². The molecule has 0 aromatic heterocycles. The van der Waals surface area contributed by atoms with Crippen LogP contribution >= 0.6 is 0 Å². The third-order valence-corrected chi connectivity index (χ3v) is 4.60. The second kappa shape index (κ2) is 6.03. The molecule has 118 valence electrons. The van der Waals surface area contributed by atoms with E-state index in [-0.39, 0.29) is 23.8 Å². The van der Waals surface area contributed by atoms with Crippen LogP contribution in [0.3, 0.4) is 0 Å². The SMILES string of the molecule is CCC(C)NC(=O)C1(C(=O)N2CCN(C(C)=O)CC2)CC1. The Hall–Kier alpha value is -1.59. The molecule has 1 aliphatic carbocycles. The van der Waals surface area contributed by atoms with Gasteiger partial charge in [0, 0.05) is 39.1 Å². The molecule has 2 rings (SSSR count). The molecule has 1 N–H and O–H groups in total. The molecular weight excluding hydrogens is 270 g/mol. The first-order chi connectivity index (χ1) is 9.90. The fourth-order valence-corrected chi connectivity index (χ4v) is 2.65. The van der Waals surface area contributed by atoms with Crippen LogP contribution in [0.2, 0.25) is 0 Å². The van der Waals surface area contributed by atoms with E-state index in [1.807, 2.05) is 13.8 Å². The van der Waals surface area contributed by atoms with E-state index in [1.54, 1.807) is 16.7 Å². The third-order valence-electron chi connectivity index (χ3n) is 4.60. The number of carbonyl (C=O) groups excluding carboxylic acids is 3. The molecule has 2 aliphatic rings. The summed E-state index contributed by atoms with van der Waals surface area (Å²) in [5, 5.41) is 2.93. The summed E-state index contributed by atoms with van der Waals surface area (Å²) in [6.45, 7) is 7.67. The molecule has 3 amide bonds. The quantitative estimate of drug-likeness (QED) is 0.762. The van der Waals surface area contributed by atoms with Crippen LogP contribution in [0.4, 0.5) is 0 Å². The summed E-state index contributed by atoms with van der Waals surface area (Å²) in [5.41, 5.74) is -0.832. The maximum atomic E-state index is 12.6. The molecule has 0 bridgehead atoms. The molecule has 1 saturated heterocycles. The molecule has 1 heterocycles. The van der Waals surface area contributed by atoms with Crippen LogP contribution in [-0.4, -0.2) is 59.7 Å². The lowest BCUT2D eigenvalue weighted by Crippen LogP contribution is -2.54. The van der Waals surface area contributed by atoms with Gasteiger partial charge in [-0.25, -0.2) is 0 Å². The van der Waals surface area contributed by atoms with E-state index >= 15 is 0 Å². The Kier molecular flexibility index (Phi) is 4.54. The van der Waals surface area contributed by atoms with Gasteiger partial charge in [-0.2, -0.15) is 0 Å². The van der Waals surface area contributed by atoms with Gasteiger partial charge >= 0.3 is 0 Å². The summed E-state index contributed by atoms with van der Waals surface area (Å²) in [5.74, 6) is -0.153. The average molecular weight is 295 g/mol. The van der Waals surface area contributed by atoms with Crippen LogP contribution < -0.4 is 5.32 Å². The molecule has 1 aliphatic heterocycles. The first-order valence-electron chi connectivity index (χ1n) is 7.76. The Labute approximate surface area is 125 Å². The van der Waals surface area contributed by atoms with Crippen molar-refractivity contribution in [2.45, 2.75) is 46.1 Å². The van der Waals surface area contributed by atoms with E-state index in [2.05, 4.69) is 5.32 Å². The minimum atomic E-state index is -0.832. The number of nitrogens with zero attached hydrogens (tertiary/aromatic N) is 2. The zero-order valence-corrected chi connectivity index (χ0v) is 13.1. The molecule has 0 aromatic carbocycles. The first-order valence-corrected chi connectivity index (χ1v) is 7.76. The fraction of sp³-hybridized carbons (Fsp3) is 0.800. The summed E-state index contributed by atoms with van der Waals surface area (Å²) in [7, 11) is 0. The number of nitrogens with one attached hydrogen (secondary N) is 1. The fourth-order valence-electron chi connectivity index (χ4n) is 2.65. The predicted octanol–water partition coefficient (Wildman–Crippen LogP) is 0.372. The second-order valence-electron chi connectivity index (χ2n) is 6.16.